The Hall–Kier alpha value is -1.26. The summed E-state index contributed by atoms with van der Waals surface area (Å²) >= 11 is 0. The van der Waals surface area contributed by atoms with Crippen molar-refractivity contribution in [2.24, 2.45) is 5.73 Å². The lowest BCUT2D eigenvalue weighted by Crippen LogP contribution is -2.48. The molecule has 19 heavy (non-hydrogen) atoms. The highest BCUT2D eigenvalue weighted by molar-refractivity contribution is 5.39. The van der Waals surface area contributed by atoms with E-state index in [1.165, 1.54) is 12.8 Å². The van der Waals surface area contributed by atoms with Crippen LogP contribution in [-0.2, 0) is 6.54 Å². The van der Waals surface area contributed by atoms with Gasteiger partial charge in [0, 0.05) is 36.8 Å². The number of phenols is 1. The summed E-state index contributed by atoms with van der Waals surface area (Å²) in [6, 6.07) is 6.43. The highest BCUT2D eigenvalue weighted by Gasteiger charge is 2.27. The second-order valence-electron chi connectivity index (χ2n) is 5.34. The van der Waals surface area contributed by atoms with Gasteiger partial charge >= 0.3 is 0 Å². The first-order chi connectivity index (χ1) is 9.15. The maximum Gasteiger partial charge on any atom is 0.123 e. The van der Waals surface area contributed by atoms with E-state index in [4.69, 9.17) is 10.5 Å². The standard InChI is InChI=1S/C15H24N2O2/c1-11-4-3-5-13(9-16)17(11)10-12-6-7-14(19-2)8-15(12)18/h6-8,11,13,18H,3-5,9-10,16H2,1-2H3. The second kappa shape index (κ2) is 6.26. The van der Waals surface area contributed by atoms with E-state index >= 15 is 0 Å². The lowest BCUT2D eigenvalue weighted by atomic mass is 9.95. The number of piperidine rings is 1. The molecule has 0 saturated carbocycles. The van der Waals surface area contributed by atoms with Crippen molar-refractivity contribution >= 4 is 0 Å². The fraction of sp³-hybridized carbons (Fsp3) is 0.600. The van der Waals surface area contributed by atoms with E-state index in [1.807, 2.05) is 12.1 Å². The number of nitrogens with two attached hydrogens (primary N) is 1. The summed E-state index contributed by atoms with van der Waals surface area (Å²) in [5.74, 6) is 0.983. The molecule has 2 unspecified atom stereocenters. The molecule has 0 radical (unpaired) electrons. The van der Waals surface area contributed by atoms with E-state index < -0.39 is 0 Å². The third kappa shape index (κ3) is 3.19. The quantitative estimate of drug-likeness (QED) is 0.874. The molecule has 1 aliphatic heterocycles. The van der Waals surface area contributed by atoms with Gasteiger partial charge in [-0.25, -0.2) is 0 Å². The molecule has 1 fully saturated rings. The summed E-state index contributed by atoms with van der Waals surface area (Å²) in [5, 5.41) is 10.1. The number of phenolic OH excluding ortho intramolecular Hbond substituents is 1. The third-order valence-corrected chi connectivity index (χ3v) is 4.11. The van der Waals surface area contributed by atoms with Gasteiger partial charge in [-0.1, -0.05) is 12.5 Å². The normalized spacial score (nSPS) is 24.4. The van der Waals surface area contributed by atoms with Crippen LogP contribution < -0.4 is 10.5 Å². The van der Waals surface area contributed by atoms with Crippen LogP contribution in [-0.4, -0.2) is 35.7 Å². The topological polar surface area (TPSA) is 58.7 Å². The number of likely N-dealkylation sites (tertiary alicyclic amines) is 1. The van der Waals surface area contributed by atoms with Crippen LogP contribution in [0.1, 0.15) is 31.7 Å². The number of benzene rings is 1. The summed E-state index contributed by atoms with van der Waals surface area (Å²) in [7, 11) is 1.60. The molecule has 4 heteroatoms. The number of rotatable bonds is 4. The van der Waals surface area contributed by atoms with Gasteiger partial charge in [-0.15, -0.1) is 0 Å². The molecule has 2 atom stereocenters. The Morgan fingerprint density at radius 1 is 1.42 bits per heavy atom. The highest BCUT2D eigenvalue weighted by Crippen LogP contribution is 2.29. The first kappa shape index (κ1) is 14.2. The van der Waals surface area contributed by atoms with Gasteiger partial charge in [0.15, 0.2) is 0 Å². The van der Waals surface area contributed by atoms with Crippen LogP contribution in [0.25, 0.3) is 0 Å². The average molecular weight is 264 g/mol. The minimum absolute atomic E-state index is 0.299. The van der Waals surface area contributed by atoms with Crippen LogP contribution in [0, 0.1) is 0 Å². The highest BCUT2D eigenvalue weighted by atomic mass is 16.5. The number of hydrogen-bond donors (Lipinski definition) is 2. The van der Waals surface area contributed by atoms with Gasteiger partial charge in [0.2, 0.25) is 0 Å². The molecule has 1 saturated heterocycles. The summed E-state index contributed by atoms with van der Waals surface area (Å²) in [4.78, 5) is 2.41. The van der Waals surface area contributed by atoms with Crippen LogP contribution >= 0.6 is 0 Å². The van der Waals surface area contributed by atoms with E-state index in [1.54, 1.807) is 13.2 Å². The fourth-order valence-corrected chi connectivity index (χ4v) is 2.88. The van der Waals surface area contributed by atoms with E-state index in [0.717, 1.165) is 18.5 Å². The summed E-state index contributed by atoms with van der Waals surface area (Å²) in [6.07, 6.45) is 3.60. The second-order valence-corrected chi connectivity index (χ2v) is 5.34. The molecule has 1 aliphatic rings. The molecule has 0 bridgehead atoms. The maximum atomic E-state index is 10.1. The molecule has 3 N–H and O–H groups in total. The van der Waals surface area contributed by atoms with Crippen molar-refractivity contribution in [1.82, 2.24) is 4.90 Å². The van der Waals surface area contributed by atoms with Crippen molar-refractivity contribution in [1.29, 1.82) is 0 Å². The summed E-state index contributed by atoms with van der Waals surface area (Å²) in [5.41, 5.74) is 6.81. The van der Waals surface area contributed by atoms with Gasteiger partial charge in [-0.2, -0.15) is 0 Å². The smallest absolute Gasteiger partial charge is 0.123 e. The van der Waals surface area contributed by atoms with Crippen molar-refractivity contribution in [3.8, 4) is 11.5 Å². The molecule has 0 amide bonds. The van der Waals surface area contributed by atoms with Crippen molar-refractivity contribution in [2.75, 3.05) is 13.7 Å². The van der Waals surface area contributed by atoms with Gasteiger partial charge in [-0.05, 0) is 25.8 Å². The molecule has 1 aromatic rings. The largest absolute Gasteiger partial charge is 0.507 e. The molecule has 2 rings (SSSR count). The zero-order valence-electron chi connectivity index (χ0n) is 11.8. The van der Waals surface area contributed by atoms with Crippen molar-refractivity contribution in [3.63, 3.8) is 0 Å². The Labute approximate surface area is 115 Å². The van der Waals surface area contributed by atoms with E-state index in [9.17, 15) is 5.11 Å². The van der Waals surface area contributed by atoms with Crippen LogP contribution in [0.4, 0.5) is 0 Å². The van der Waals surface area contributed by atoms with E-state index in [2.05, 4.69) is 11.8 Å². The predicted molar refractivity (Wildman–Crippen MR) is 76.4 cm³/mol. The lowest BCUT2D eigenvalue weighted by Gasteiger charge is -2.40. The SMILES string of the molecule is COc1ccc(CN2C(C)CCCC2CN)c(O)c1. The molecule has 0 spiro atoms. The summed E-state index contributed by atoms with van der Waals surface area (Å²) < 4.78 is 5.11. The van der Waals surface area contributed by atoms with Gasteiger partial charge in [0.1, 0.15) is 11.5 Å². The number of hydrogen-bond acceptors (Lipinski definition) is 4. The first-order valence-corrected chi connectivity index (χ1v) is 6.97. The van der Waals surface area contributed by atoms with Crippen LogP contribution in [0.15, 0.2) is 18.2 Å². The Kier molecular flexibility index (Phi) is 4.66. The van der Waals surface area contributed by atoms with Crippen molar-refractivity contribution in [2.45, 2.75) is 44.8 Å². The van der Waals surface area contributed by atoms with Crippen molar-refractivity contribution < 1.29 is 9.84 Å². The Morgan fingerprint density at radius 3 is 2.84 bits per heavy atom. The molecule has 0 aromatic heterocycles. The van der Waals surface area contributed by atoms with Crippen LogP contribution in [0.2, 0.25) is 0 Å². The molecule has 4 nitrogen and oxygen atoms in total. The predicted octanol–water partition coefficient (Wildman–Crippen LogP) is 2.10. The molecular formula is C15H24N2O2. The molecule has 1 aromatic carbocycles. The lowest BCUT2D eigenvalue weighted by molar-refractivity contribution is 0.0883. The zero-order valence-corrected chi connectivity index (χ0v) is 11.8. The number of aromatic hydroxyl groups is 1. The van der Waals surface area contributed by atoms with Crippen LogP contribution in [0.3, 0.4) is 0 Å². The van der Waals surface area contributed by atoms with Gasteiger partial charge in [0.25, 0.3) is 0 Å². The molecule has 0 aliphatic carbocycles. The molecular weight excluding hydrogens is 240 g/mol. The fourth-order valence-electron chi connectivity index (χ4n) is 2.88. The average Bonchev–Trinajstić information content (AvgIpc) is 2.42. The monoisotopic (exact) mass is 264 g/mol. The third-order valence-electron chi connectivity index (χ3n) is 4.11. The van der Waals surface area contributed by atoms with E-state index in [-0.39, 0.29) is 0 Å². The van der Waals surface area contributed by atoms with Crippen molar-refractivity contribution in [3.05, 3.63) is 23.8 Å². The maximum absolute atomic E-state index is 10.1. The number of methoxy groups -OCH3 is 1. The number of nitrogens with zero attached hydrogens (tertiary/aromatic N) is 1. The Morgan fingerprint density at radius 2 is 2.21 bits per heavy atom. The Bertz CT molecular complexity index is 423. The first-order valence-electron chi connectivity index (χ1n) is 6.97. The van der Waals surface area contributed by atoms with Crippen LogP contribution in [0.5, 0.6) is 11.5 Å². The van der Waals surface area contributed by atoms with Gasteiger partial charge in [0.05, 0.1) is 7.11 Å². The van der Waals surface area contributed by atoms with Gasteiger partial charge in [-0.3, -0.25) is 4.90 Å². The zero-order chi connectivity index (χ0) is 13.8. The van der Waals surface area contributed by atoms with Gasteiger partial charge < -0.3 is 15.6 Å². The minimum atomic E-state index is 0.299. The summed E-state index contributed by atoms with van der Waals surface area (Å²) in [6.45, 7) is 3.67. The molecule has 106 valence electrons. The number of ether oxygens (including phenoxy) is 1. The molecule has 1 heterocycles. The van der Waals surface area contributed by atoms with E-state index in [0.29, 0.717) is 30.1 Å². The minimum Gasteiger partial charge on any atom is -0.507 e. The Balaban J connectivity index is 2.14.